The number of unbranched alkanes of at least 4 members (excludes halogenated alkanes) is 1. The number of halogens is 1. The molecule has 0 radical (unpaired) electrons. The maximum Gasteiger partial charge on any atom is 0.407 e. The smallest absolute Gasteiger partial charge is 0.407 e. The Kier molecular flexibility index (Phi) is 13.7. The summed E-state index contributed by atoms with van der Waals surface area (Å²) in [6.07, 6.45) is 4.76. The van der Waals surface area contributed by atoms with Crippen molar-refractivity contribution in [3.63, 3.8) is 0 Å². The van der Waals surface area contributed by atoms with Gasteiger partial charge in [0.2, 0.25) is 5.91 Å². The molecule has 2 aromatic rings. The second-order valence-electron chi connectivity index (χ2n) is 8.98. The average Bonchev–Trinajstić information content (AvgIpc) is 2.90. The second kappa shape index (κ2) is 16.9. The van der Waals surface area contributed by atoms with Gasteiger partial charge in [0.15, 0.2) is 0 Å². The summed E-state index contributed by atoms with van der Waals surface area (Å²) in [5.41, 5.74) is 2.12. The van der Waals surface area contributed by atoms with E-state index in [-0.39, 0.29) is 38.5 Å². The number of amides is 2. The fourth-order valence-corrected chi connectivity index (χ4v) is 3.87. The highest BCUT2D eigenvalue weighted by molar-refractivity contribution is 6.30. The van der Waals surface area contributed by atoms with E-state index >= 15 is 0 Å². The number of nitrogens with zero attached hydrogens (tertiary/aromatic N) is 1. The normalized spacial score (nSPS) is 11.2. The van der Waals surface area contributed by atoms with Crippen LogP contribution >= 0.6 is 11.6 Å². The fourth-order valence-electron chi connectivity index (χ4n) is 3.75. The van der Waals surface area contributed by atoms with Crippen LogP contribution in [0, 0.1) is 0 Å². The molecule has 0 bridgehead atoms. The van der Waals surface area contributed by atoms with Crippen LogP contribution in [0.1, 0.15) is 49.3 Å². The molecule has 0 spiro atoms. The molecule has 39 heavy (non-hydrogen) atoms. The van der Waals surface area contributed by atoms with Crippen molar-refractivity contribution in [1.82, 2.24) is 10.2 Å². The van der Waals surface area contributed by atoms with Gasteiger partial charge in [-0.2, -0.15) is 0 Å². The van der Waals surface area contributed by atoms with Crippen LogP contribution in [0.5, 0.6) is 5.75 Å². The number of ether oxygens (including phenoxy) is 2. The van der Waals surface area contributed by atoms with Gasteiger partial charge in [0, 0.05) is 23.7 Å². The number of aliphatic carboxylic acids is 1. The van der Waals surface area contributed by atoms with Gasteiger partial charge < -0.3 is 24.8 Å². The van der Waals surface area contributed by atoms with Gasteiger partial charge in [-0.05, 0) is 54.7 Å². The highest BCUT2D eigenvalue weighted by Gasteiger charge is 2.26. The number of nitrogens with one attached hydrogen (secondary N) is 1. The lowest BCUT2D eigenvalue weighted by Crippen LogP contribution is -2.48. The zero-order chi connectivity index (χ0) is 28.6. The predicted molar refractivity (Wildman–Crippen MR) is 152 cm³/mol. The van der Waals surface area contributed by atoms with E-state index in [2.05, 4.69) is 18.5 Å². The van der Waals surface area contributed by atoms with Gasteiger partial charge in [-0.15, -0.1) is 13.2 Å². The summed E-state index contributed by atoms with van der Waals surface area (Å²) < 4.78 is 11.3. The van der Waals surface area contributed by atoms with Crippen LogP contribution < -0.4 is 10.1 Å². The molecule has 0 aliphatic heterocycles. The van der Waals surface area contributed by atoms with Gasteiger partial charge in [-0.3, -0.25) is 9.59 Å². The van der Waals surface area contributed by atoms with Crippen molar-refractivity contribution < 1.29 is 29.0 Å². The van der Waals surface area contributed by atoms with Crippen LogP contribution in [0.2, 0.25) is 5.02 Å². The van der Waals surface area contributed by atoms with Gasteiger partial charge in [-0.1, -0.05) is 55.3 Å². The van der Waals surface area contributed by atoms with Crippen molar-refractivity contribution in [2.75, 3.05) is 13.2 Å². The lowest BCUT2D eigenvalue weighted by molar-refractivity contribution is -0.136. The molecule has 0 unspecified atom stereocenters. The number of alkyl carbamates (subject to hydrolysis) is 1. The molecular formula is C30H37ClN2O6. The Morgan fingerprint density at radius 3 is 2.46 bits per heavy atom. The Morgan fingerprint density at radius 2 is 1.82 bits per heavy atom. The Hall–Kier alpha value is -3.78. The average molecular weight is 557 g/mol. The number of hydrogen-bond donors (Lipinski definition) is 2. The molecule has 8 nitrogen and oxygen atoms in total. The molecule has 210 valence electrons. The number of carbonyl (C=O) groups excluding carboxylic acids is 2. The van der Waals surface area contributed by atoms with Gasteiger partial charge in [-0.25, -0.2) is 4.79 Å². The summed E-state index contributed by atoms with van der Waals surface area (Å²) in [5.74, 6) is -0.772. The van der Waals surface area contributed by atoms with E-state index in [1.807, 2.05) is 19.1 Å². The lowest BCUT2D eigenvalue weighted by Gasteiger charge is -2.28. The molecule has 2 rings (SSSR count). The third-order valence-electron chi connectivity index (χ3n) is 5.79. The van der Waals surface area contributed by atoms with Gasteiger partial charge in [0.1, 0.15) is 18.4 Å². The molecule has 1 atom stereocenters. The summed E-state index contributed by atoms with van der Waals surface area (Å²) in [7, 11) is 0. The van der Waals surface area contributed by atoms with E-state index in [9.17, 15) is 19.5 Å². The minimum absolute atomic E-state index is 0.135. The van der Waals surface area contributed by atoms with Crippen LogP contribution in [0.25, 0.3) is 0 Å². The van der Waals surface area contributed by atoms with Crippen LogP contribution in [0.3, 0.4) is 0 Å². The number of carboxylic acids is 1. The van der Waals surface area contributed by atoms with Gasteiger partial charge >= 0.3 is 12.1 Å². The summed E-state index contributed by atoms with van der Waals surface area (Å²) in [5, 5.41) is 12.6. The van der Waals surface area contributed by atoms with Gasteiger partial charge in [0.05, 0.1) is 13.0 Å². The quantitative estimate of drug-likeness (QED) is 0.185. The number of rotatable bonds is 17. The zero-order valence-corrected chi connectivity index (χ0v) is 23.1. The Bertz CT molecular complexity index is 1120. The van der Waals surface area contributed by atoms with Crippen molar-refractivity contribution in [3.05, 3.63) is 89.5 Å². The molecule has 2 aromatic carbocycles. The maximum absolute atomic E-state index is 13.6. The largest absolute Gasteiger partial charge is 0.489 e. The Morgan fingerprint density at radius 1 is 1.10 bits per heavy atom. The molecule has 0 fully saturated rings. The Labute approximate surface area is 235 Å². The molecule has 0 heterocycles. The molecule has 9 heteroatoms. The number of hydrogen-bond acceptors (Lipinski definition) is 5. The monoisotopic (exact) mass is 556 g/mol. The standard InChI is InChI=1S/C30H37ClN2O6/c1-4-7-16-33(29(36)26(9-6-3)32-30(37)38-17-8-5-2)20-24-18-23(19-28(34)35)12-15-27(24)39-21-22-10-13-25(31)14-11-22/h4,6,10-15,18,26H,1,3,5,7-9,16-17,19-21H2,2H3,(H,32,37)(H,34,35)/t26-/m1/s1. The molecule has 2 N–H and O–H groups in total. The summed E-state index contributed by atoms with van der Waals surface area (Å²) in [6, 6.07) is 11.5. The first-order chi connectivity index (χ1) is 18.8. The highest BCUT2D eigenvalue weighted by Crippen LogP contribution is 2.25. The number of benzene rings is 2. The third-order valence-corrected chi connectivity index (χ3v) is 6.04. The van der Waals surface area contributed by atoms with Crippen LogP contribution in [-0.2, 0) is 33.9 Å². The molecule has 0 aromatic heterocycles. The van der Waals surface area contributed by atoms with E-state index in [1.165, 1.54) is 0 Å². The second-order valence-corrected chi connectivity index (χ2v) is 9.41. The van der Waals surface area contributed by atoms with Crippen LogP contribution in [-0.4, -0.2) is 47.2 Å². The molecule has 0 aliphatic carbocycles. The summed E-state index contributed by atoms with van der Waals surface area (Å²) >= 11 is 5.98. The molecule has 2 amide bonds. The van der Waals surface area contributed by atoms with E-state index in [4.69, 9.17) is 21.1 Å². The van der Waals surface area contributed by atoms with Gasteiger partial charge in [0.25, 0.3) is 0 Å². The lowest BCUT2D eigenvalue weighted by atomic mass is 10.1. The molecule has 0 saturated carbocycles. The summed E-state index contributed by atoms with van der Waals surface area (Å²) in [6.45, 7) is 10.5. The first-order valence-electron chi connectivity index (χ1n) is 12.9. The zero-order valence-electron chi connectivity index (χ0n) is 22.4. The fraction of sp³-hybridized carbons (Fsp3) is 0.367. The van der Waals surface area contributed by atoms with Crippen molar-refractivity contribution in [3.8, 4) is 5.75 Å². The molecule has 0 aliphatic rings. The minimum atomic E-state index is -0.966. The van der Waals surface area contributed by atoms with Crippen molar-refractivity contribution in [2.45, 2.75) is 58.2 Å². The van der Waals surface area contributed by atoms with E-state index in [0.717, 1.165) is 18.4 Å². The van der Waals surface area contributed by atoms with Crippen LogP contribution in [0.4, 0.5) is 4.79 Å². The van der Waals surface area contributed by atoms with Crippen LogP contribution in [0.15, 0.2) is 67.8 Å². The topological polar surface area (TPSA) is 105 Å². The van der Waals surface area contributed by atoms with E-state index in [1.54, 1.807) is 47.4 Å². The molecule has 0 saturated heterocycles. The third kappa shape index (κ3) is 11.2. The Balaban J connectivity index is 2.31. The van der Waals surface area contributed by atoms with Crippen molar-refractivity contribution in [1.29, 1.82) is 0 Å². The van der Waals surface area contributed by atoms with E-state index < -0.39 is 18.1 Å². The first kappa shape index (κ1) is 31.4. The van der Waals surface area contributed by atoms with Crippen molar-refractivity contribution in [2.24, 2.45) is 0 Å². The molecular weight excluding hydrogens is 520 g/mol. The first-order valence-corrected chi connectivity index (χ1v) is 13.3. The minimum Gasteiger partial charge on any atom is -0.489 e. The highest BCUT2D eigenvalue weighted by atomic mass is 35.5. The predicted octanol–water partition coefficient (Wildman–Crippen LogP) is 5.92. The van der Waals surface area contributed by atoms with E-state index in [0.29, 0.717) is 34.9 Å². The van der Waals surface area contributed by atoms with Crippen molar-refractivity contribution >= 4 is 29.6 Å². The number of carboxylic acid groups (broad SMARTS) is 1. The maximum atomic E-state index is 13.6. The number of carbonyl (C=O) groups is 3. The summed E-state index contributed by atoms with van der Waals surface area (Å²) in [4.78, 5) is 38.9. The SMILES string of the molecule is C=CCCN(Cc1cc(CC(=O)O)ccc1OCc1ccc(Cl)cc1)C(=O)[C@@H](CC=C)NC(=O)OCCCC.